The van der Waals surface area contributed by atoms with Gasteiger partial charge in [-0.3, -0.25) is 4.40 Å². The van der Waals surface area contributed by atoms with Gasteiger partial charge >= 0.3 is 5.97 Å². The fraction of sp³-hybridized carbons (Fsp3) is 0.176. The Hall–Kier alpha value is -2.33. The van der Waals surface area contributed by atoms with Crippen LogP contribution in [-0.4, -0.2) is 22.0 Å². The summed E-state index contributed by atoms with van der Waals surface area (Å²) in [5, 5.41) is 0.691. The van der Waals surface area contributed by atoms with Gasteiger partial charge in [0.05, 0.1) is 12.8 Å². The quantitative estimate of drug-likeness (QED) is 0.682. The number of carbonyl (C=O) groups is 1. The van der Waals surface area contributed by atoms with Gasteiger partial charge in [0, 0.05) is 11.2 Å². The van der Waals surface area contributed by atoms with Crippen LogP contribution in [0.25, 0.3) is 16.8 Å². The highest BCUT2D eigenvalue weighted by Crippen LogP contribution is 2.25. The van der Waals surface area contributed by atoms with Gasteiger partial charge in [-0.1, -0.05) is 23.7 Å². The third-order valence-corrected chi connectivity index (χ3v) is 3.70. The zero-order valence-corrected chi connectivity index (χ0v) is 13.1. The van der Waals surface area contributed by atoms with E-state index >= 15 is 0 Å². The number of pyridine rings is 1. The number of hydrogen-bond acceptors (Lipinski definition) is 3. The molecule has 0 fully saturated rings. The second kappa shape index (κ2) is 5.81. The second-order valence-electron chi connectivity index (χ2n) is 4.98. The molecule has 2 heterocycles. The van der Waals surface area contributed by atoms with Crippen molar-refractivity contribution >= 4 is 23.2 Å². The molecule has 0 N–H and O–H groups in total. The Labute approximate surface area is 133 Å². The van der Waals surface area contributed by atoms with E-state index in [1.165, 1.54) is 0 Å². The predicted octanol–water partition coefficient (Wildman–Crippen LogP) is 4.14. The van der Waals surface area contributed by atoms with Crippen LogP contribution in [0.5, 0.6) is 0 Å². The van der Waals surface area contributed by atoms with Crippen LogP contribution in [0.3, 0.4) is 0 Å². The molecule has 0 radical (unpaired) electrons. The number of aromatic nitrogens is 2. The molecule has 0 aliphatic heterocycles. The van der Waals surface area contributed by atoms with Gasteiger partial charge in [-0.25, -0.2) is 9.78 Å². The van der Waals surface area contributed by atoms with E-state index in [1.54, 1.807) is 17.5 Å². The molecule has 2 aromatic heterocycles. The molecule has 0 bridgehead atoms. The molecule has 0 aliphatic carbocycles. The summed E-state index contributed by atoms with van der Waals surface area (Å²) < 4.78 is 6.85. The number of halogens is 1. The standard InChI is InChI=1S/C17H15ClN2O2/c1-3-22-17(21)15-9-19-16-11(2)8-13(10-20(15)16)12-4-6-14(18)7-5-12/h4-10H,3H2,1-2H3. The molecule has 22 heavy (non-hydrogen) atoms. The van der Waals surface area contributed by atoms with Gasteiger partial charge in [-0.05, 0) is 48.7 Å². The molecule has 4 nitrogen and oxygen atoms in total. The lowest BCUT2D eigenvalue weighted by atomic mass is 10.1. The van der Waals surface area contributed by atoms with Crippen LogP contribution < -0.4 is 0 Å². The van der Waals surface area contributed by atoms with E-state index < -0.39 is 0 Å². The van der Waals surface area contributed by atoms with E-state index in [1.807, 2.05) is 43.5 Å². The smallest absolute Gasteiger partial charge is 0.356 e. The summed E-state index contributed by atoms with van der Waals surface area (Å²) >= 11 is 5.93. The number of imidazole rings is 1. The van der Waals surface area contributed by atoms with E-state index in [0.717, 1.165) is 22.3 Å². The number of carbonyl (C=O) groups excluding carboxylic acids is 1. The highest BCUT2D eigenvalue weighted by Gasteiger charge is 2.15. The number of hydrogen-bond donors (Lipinski definition) is 0. The number of nitrogens with zero attached hydrogens (tertiary/aromatic N) is 2. The van der Waals surface area contributed by atoms with E-state index in [4.69, 9.17) is 16.3 Å². The number of esters is 1. The van der Waals surface area contributed by atoms with Crippen LogP contribution >= 0.6 is 11.6 Å². The van der Waals surface area contributed by atoms with Gasteiger partial charge < -0.3 is 4.74 Å². The SMILES string of the molecule is CCOC(=O)c1cnc2c(C)cc(-c3ccc(Cl)cc3)cn12. The van der Waals surface area contributed by atoms with Crippen LogP contribution in [0.1, 0.15) is 23.0 Å². The molecule has 0 saturated heterocycles. The first-order valence-corrected chi connectivity index (χ1v) is 7.38. The third kappa shape index (κ3) is 2.57. The van der Waals surface area contributed by atoms with Gasteiger partial charge in [-0.15, -0.1) is 0 Å². The minimum Gasteiger partial charge on any atom is -0.461 e. The molecule has 0 spiro atoms. The van der Waals surface area contributed by atoms with Crippen LogP contribution in [0.4, 0.5) is 0 Å². The van der Waals surface area contributed by atoms with Gasteiger partial charge in [0.1, 0.15) is 5.65 Å². The van der Waals surface area contributed by atoms with Crippen molar-refractivity contribution in [3.05, 3.63) is 59.0 Å². The first kappa shape index (κ1) is 14.6. The Morgan fingerprint density at radius 1 is 1.27 bits per heavy atom. The van der Waals surface area contributed by atoms with E-state index in [2.05, 4.69) is 4.98 Å². The molecule has 3 aromatic rings. The molecule has 0 atom stereocenters. The summed E-state index contributed by atoms with van der Waals surface area (Å²) in [6.07, 6.45) is 3.44. The maximum atomic E-state index is 12.0. The number of fused-ring (bicyclic) bond motifs is 1. The van der Waals surface area contributed by atoms with E-state index in [-0.39, 0.29) is 5.97 Å². The van der Waals surface area contributed by atoms with Crippen molar-refractivity contribution in [2.45, 2.75) is 13.8 Å². The molecular formula is C17H15ClN2O2. The predicted molar refractivity (Wildman–Crippen MR) is 86.3 cm³/mol. The first-order valence-electron chi connectivity index (χ1n) is 7.01. The molecule has 0 aliphatic rings. The lowest BCUT2D eigenvalue weighted by Crippen LogP contribution is -2.08. The summed E-state index contributed by atoms with van der Waals surface area (Å²) in [5.74, 6) is -0.373. The summed E-state index contributed by atoms with van der Waals surface area (Å²) in [6, 6.07) is 9.63. The van der Waals surface area contributed by atoms with Crippen LogP contribution in [0.15, 0.2) is 42.7 Å². The maximum absolute atomic E-state index is 12.0. The number of benzene rings is 1. The molecule has 1 aromatic carbocycles. The highest BCUT2D eigenvalue weighted by molar-refractivity contribution is 6.30. The molecule has 5 heteroatoms. The largest absolute Gasteiger partial charge is 0.461 e. The van der Waals surface area contributed by atoms with Gasteiger partial charge in [-0.2, -0.15) is 0 Å². The van der Waals surface area contributed by atoms with Crippen molar-refractivity contribution < 1.29 is 9.53 Å². The number of ether oxygens (including phenoxy) is 1. The molecule has 0 unspecified atom stereocenters. The van der Waals surface area contributed by atoms with E-state index in [0.29, 0.717) is 17.3 Å². The highest BCUT2D eigenvalue weighted by atomic mass is 35.5. The summed E-state index contributed by atoms with van der Waals surface area (Å²) in [7, 11) is 0. The minimum atomic E-state index is -0.373. The van der Waals surface area contributed by atoms with Crippen molar-refractivity contribution in [2.75, 3.05) is 6.61 Å². The monoisotopic (exact) mass is 314 g/mol. The van der Waals surface area contributed by atoms with Gasteiger partial charge in [0.25, 0.3) is 0 Å². The van der Waals surface area contributed by atoms with Crippen molar-refractivity contribution in [1.82, 2.24) is 9.38 Å². The van der Waals surface area contributed by atoms with Gasteiger partial charge in [0.2, 0.25) is 0 Å². The lowest BCUT2D eigenvalue weighted by Gasteiger charge is -2.08. The Morgan fingerprint density at radius 2 is 2.00 bits per heavy atom. The molecule has 112 valence electrons. The van der Waals surface area contributed by atoms with Crippen LogP contribution in [0.2, 0.25) is 5.02 Å². The average molecular weight is 315 g/mol. The number of aryl methyl sites for hydroxylation is 1. The van der Waals surface area contributed by atoms with Gasteiger partial charge in [0.15, 0.2) is 5.69 Å². The van der Waals surface area contributed by atoms with Crippen molar-refractivity contribution in [3.8, 4) is 11.1 Å². The fourth-order valence-corrected chi connectivity index (χ4v) is 2.54. The Balaban J connectivity index is 2.15. The van der Waals surface area contributed by atoms with Crippen molar-refractivity contribution in [3.63, 3.8) is 0 Å². The topological polar surface area (TPSA) is 43.6 Å². The molecular weight excluding hydrogens is 300 g/mol. The zero-order valence-electron chi connectivity index (χ0n) is 12.3. The fourth-order valence-electron chi connectivity index (χ4n) is 2.41. The molecule has 3 rings (SSSR count). The second-order valence-corrected chi connectivity index (χ2v) is 5.41. The summed E-state index contributed by atoms with van der Waals surface area (Å²) in [4.78, 5) is 16.3. The zero-order chi connectivity index (χ0) is 15.7. The molecule has 0 saturated carbocycles. The van der Waals surface area contributed by atoms with Crippen molar-refractivity contribution in [1.29, 1.82) is 0 Å². The maximum Gasteiger partial charge on any atom is 0.356 e. The van der Waals surface area contributed by atoms with Crippen LogP contribution in [-0.2, 0) is 4.74 Å². The lowest BCUT2D eigenvalue weighted by molar-refractivity contribution is 0.0518. The summed E-state index contributed by atoms with van der Waals surface area (Å²) in [6.45, 7) is 4.09. The van der Waals surface area contributed by atoms with Crippen LogP contribution in [0, 0.1) is 6.92 Å². The number of rotatable bonds is 3. The minimum absolute atomic E-state index is 0.335. The Morgan fingerprint density at radius 3 is 2.68 bits per heavy atom. The Kier molecular flexibility index (Phi) is 3.86. The first-order chi connectivity index (χ1) is 10.6. The third-order valence-electron chi connectivity index (χ3n) is 3.45. The molecule has 0 amide bonds. The van der Waals surface area contributed by atoms with E-state index in [9.17, 15) is 4.79 Å². The summed E-state index contributed by atoms with van der Waals surface area (Å²) in [5.41, 5.74) is 4.18. The average Bonchev–Trinajstić information content (AvgIpc) is 2.92. The normalized spacial score (nSPS) is 10.9. The Bertz CT molecular complexity index is 838. The van der Waals surface area contributed by atoms with Crippen molar-refractivity contribution in [2.24, 2.45) is 0 Å².